The molecular formula is C22H26N2O2. The number of amides is 1. The van der Waals surface area contributed by atoms with Gasteiger partial charge in [-0.05, 0) is 54.4 Å². The molecule has 0 heterocycles. The molecule has 0 bridgehead atoms. The summed E-state index contributed by atoms with van der Waals surface area (Å²) in [6.45, 7) is 1.18. The first kappa shape index (κ1) is 17.1. The van der Waals surface area contributed by atoms with Crippen molar-refractivity contribution in [3.05, 3.63) is 65.7 Å². The summed E-state index contributed by atoms with van der Waals surface area (Å²) in [5.74, 6) is 2.05. The first-order valence-electron chi connectivity index (χ1n) is 9.50. The quantitative estimate of drug-likeness (QED) is 0.768. The van der Waals surface area contributed by atoms with Crippen LogP contribution in [0.3, 0.4) is 0 Å². The van der Waals surface area contributed by atoms with Gasteiger partial charge in [0.25, 0.3) is 0 Å². The molecule has 2 aliphatic carbocycles. The zero-order valence-corrected chi connectivity index (χ0v) is 14.9. The van der Waals surface area contributed by atoms with Gasteiger partial charge in [-0.25, -0.2) is 0 Å². The van der Waals surface area contributed by atoms with Crippen LogP contribution in [0.15, 0.2) is 54.6 Å². The SMILES string of the molecule is NC(CNC(=O)C1CC1c1ccc(OCc2ccccc2)cc1)C1CC1. The van der Waals surface area contributed by atoms with Crippen molar-refractivity contribution in [2.45, 2.75) is 37.8 Å². The molecule has 2 aromatic carbocycles. The summed E-state index contributed by atoms with van der Waals surface area (Å²) in [7, 11) is 0. The summed E-state index contributed by atoms with van der Waals surface area (Å²) in [5.41, 5.74) is 8.42. The van der Waals surface area contributed by atoms with Crippen LogP contribution < -0.4 is 15.8 Å². The van der Waals surface area contributed by atoms with Crippen LogP contribution in [0.2, 0.25) is 0 Å². The van der Waals surface area contributed by atoms with Crippen LogP contribution in [0.5, 0.6) is 5.75 Å². The Hall–Kier alpha value is -2.33. The molecule has 2 aliphatic rings. The summed E-state index contributed by atoms with van der Waals surface area (Å²) in [5, 5.41) is 3.03. The van der Waals surface area contributed by atoms with Crippen LogP contribution in [0, 0.1) is 11.8 Å². The number of rotatable bonds is 8. The first-order chi connectivity index (χ1) is 12.7. The van der Waals surface area contributed by atoms with Gasteiger partial charge in [-0.3, -0.25) is 4.79 Å². The maximum absolute atomic E-state index is 12.3. The highest BCUT2D eigenvalue weighted by Crippen LogP contribution is 2.47. The van der Waals surface area contributed by atoms with E-state index in [1.165, 1.54) is 18.4 Å². The van der Waals surface area contributed by atoms with E-state index in [0.717, 1.165) is 17.7 Å². The summed E-state index contributed by atoms with van der Waals surface area (Å²) >= 11 is 0. The smallest absolute Gasteiger partial charge is 0.223 e. The van der Waals surface area contributed by atoms with E-state index in [0.29, 0.717) is 25.0 Å². The number of ether oxygens (including phenoxy) is 1. The standard InChI is InChI=1S/C22H26N2O2/c23-21(17-6-7-17)13-24-22(25)20-12-19(20)16-8-10-18(11-9-16)26-14-15-4-2-1-3-5-15/h1-5,8-11,17,19-21H,6-7,12-14,23H2,(H,24,25). The molecule has 136 valence electrons. The average Bonchev–Trinajstić information content (AvgIpc) is 3.58. The predicted octanol–water partition coefficient (Wildman–Crippen LogP) is 3.22. The molecule has 0 radical (unpaired) electrons. The lowest BCUT2D eigenvalue weighted by Gasteiger charge is -2.11. The van der Waals surface area contributed by atoms with E-state index in [1.54, 1.807) is 0 Å². The molecule has 1 amide bonds. The number of hydrogen-bond acceptors (Lipinski definition) is 3. The Labute approximate surface area is 154 Å². The predicted molar refractivity (Wildman–Crippen MR) is 102 cm³/mol. The van der Waals surface area contributed by atoms with E-state index in [4.69, 9.17) is 10.5 Å². The summed E-state index contributed by atoms with van der Waals surface area (Å²) in [4.78, 5) is 12.3. The van der Waals surface area contributed by atoms with E-state index < -0.39 is 0 Å². The van der Waals surface area contributed by atoms with E-state index >= 15 is 0 Å². The number of benzene rings is 2. The monoisotopic (exact) mass is 350 g/mol. The van der Waals surface area contributed by atoms with Gasteiger partial charge in [-0.1, -0.05) is 42.5 Å². The summed E-state index contributed by atoms with van der Waals surface area (Å²) in [6.07, 6.45) is 3.35. The Morgan fingerprint density at radius 1 is 1.12 bits per heavy atom. The van der Waals surface area contributed by atoms with Crippen LogP contribution in [0.1, 0.15) is 36.3 Å². The molecule has 0 aliphatic heterocycles. The third-order valence-corrected chi connectivity index (χ3v) is 5.42. The van der Waals surface area contributed by atoms with Crippen molar-refractivity contribution in [2.75, 3.05) is 6.54 Å². The topological polar surface area (TPSA) is 64.3 Å². The fourth-order valence-electron chi connectivity index (χ4n) is 3.45. The highest BCUT2D eigenvalue weighted by atomic mass is 16.5. The lowest BCUT2D eigenvalue weighted by atomic mass is 10.1. The van der Waals surface area contributed by atoms with Crippen LogP contribution in [0.4, 0.5) is 0 Å². The molecule has 4 nitrogen and oxygen atoms in total. The maximum atomic E-state index is 12.3. The van der Waals surface area contributed by atoms with E-state index in [1.807, 2.05) is 30.3 Å². The molecule has 26 heavy (non-hydrogen) atoms. The van der Waals surface area contributed by atoms with Gasteiger partial charge in [-0.2, -0.15) is 0 Å². The number of nitrogens with one attached hydrogen (secondary N) is 1. The second-order valence-electron chi connectivity index (χ2n) is 7.54. The second kappa shape index (κ2) is 7.50. The normalized spacial score (nSPS) is 22.5. The average molecular weight is 350 g/mol. The first-order valence-corrected chi connectivity index (χ1v) is 9.50. The molecule has 4 heteroatoms. The summed E-state index contributed by atoms with van der Waals surface area (Å²) in [6, 6.07) is 18.4. The molecule has 2 aromatic rings. The lowest BCUT2D eigenvalue weighted by Crippen LogP contribution is -2.39. The molecule has 0 aromatic heterocycles. The molecule has 2 saturated carbocycles. The summed E-state index contributed by atoms with van der Waals surface area (Å²) < 4.78 is 5.82. The van der Waals surface area contributed by atoms with Gasteiger partial charge >= 0.3 is 0 Å². The van der Waals surface area contributed by atoms with Gasteiger partial charge in [0.05, 0.1) is 0 Å². The Morgan fingerprint density at radius 3 is 2.54 bits per heavy atom. The molecule has 2 fully saturated rings. The molecule has 3 atom stereocenters. The largest absolute Gasteiger partial charge is 0.489 e. The van der Waals surface area contributed by atoms with Crippen molar-refractivity contribution in [3.8, 4) is 5.75 Å². The van der Waals surface area contributed by atoms with Crippen molar-refractivity contribution in [1.82, 2.24) is 5.32 Å². The van der Waals surface area contributed by atoms with Gasteiger partial charge < -0.3 is 15.8 Å². The third-order valence-electron chi connectivity index (χ3n) is 5.42. The highest BCUT2D eigenvalue weighted by Gasteiger charge is 2.44. The van der Waals surface area contributed by atoms with E-state index in [-0.39, 0.29) is 17.9 Å². The van der Waals surface area contributed by atoms with Gasteiger partial charge in [0.1, 0.15) is 12.4 Å². The number of carbonyl (C=O) groups excluding carboxylic acids is 1. The number of carbonyl (C=O) groups is 1. The fraction of sp³-hybridized carbons (Fsp3) is 0.409. The molecule has 4 rings (SSSR count). The van der Waals surface area contributed by atoms with Crippen molar-refractivity contribution >= 4 is 5.91 Å². The van der Waals surface area contributed by atoms with Crippen molar-refractivity contribution < 1.29 is 9.53 Å². The van der Waals surface area contributed by atoms with E-state index in [2.05, 4.69) is 29.6 Å². The van der Waals surface area contributed by atoms with Gasteiger partial charge in [0, 0.05) is 18.5 Å². The Balaban J connectivity index is 1.24. The van der Waals surface area contributed by atoms with Crippen molar-refractivity contribution in [1.29, 1.82) is 0 Å². The Bertz CT molecular complexity index is 740. The zero-order valence-electron chi connectivity index (χ0n) is 14.9. The maximum Gasteiger partial charge on any atom is 0.223 e. The van der Waals surface area contributed by atoms with Gasteiger partial charge in [0.15, 0.2) is 0 Å². The lowest BCUT2D eigenvalue weighted by molar-refractivity contribution is -0.122. The molecule has 0 saturated heterocycles. The number of hydrogen-bond donors (Lipinski definition) is 2. The minimum Gasteiger partial charge on any atom is -0.489 e. The molecule has 3 N–H and O–H groups in total. The van der Waals surface area contributed by atoms with Crippen LogP contribution in [-0.2, 0) is 11.4 Å². The van der Waals surface area contributed by atoms with Crippen LogP contribution >= 0.6 is 0 Å². The molecule has 3 unspecified atom stereocenters. The molecular weight excluding hydrogens is 324 g/mol. The van der Waals surface area contributed by atoms with E-state index in [9.17, 15) is 4.79 Å². The molecule has 0 spiro atoms. The number of nitrogens with two attached hydrogens (primary N) is 1. The zero-order chi connectivity index (χ0) is 17.9. The van der Waals surface area contributed by atoms with Crippen molar-refractivity contribution in [2.24, 2.45) is 17.6 Å². The third kappa shape index (κ3) is 4.25. The van der Waals surface area contributed by atoms with Crippen LogP contribution in [0.25, 0.3) is 0 Å². The second-order valence-corrected chi connectivity index (χ2v) is 7.54. The van der Waals surface area contributed by atoms with Gasteiger partial charge in [-0.15, -0.1) is 0 Å². The Kier molecular flexibility index (Phi) is 4.93. The minimum absolute atomic E-state index is 0.0949. The fourth-order valence-corrected chi connectivity index (χ4v) is 3.45. The highest BCUT2D eigenvalue weighted by molar-refractivity contribution is 5.82. The Morgan fingerprint density at radius 2 is 1.85 bits per heavy atom. The van der Waals surface area contributed by atoms with Crippen molar-refractivity contribution in [3.63, 3.8) is 0 Å². The van der Waals surface area contributed by atoms with Gasteiger partial charge in [0.2, 0.25) is 5.91 Å². The van der Waals surface area contributed by atoms with Crippen LogP contribution in [-0.4, -0.2) is 18.5 Å². The minimum atomic E-state index is 0.0949.